The highest BCUT2D eigenvalue weighted by Crippen LogP contribution is 2.16. The van der Waals surface area contributed by atoms with Crippen LogP contribution in [-0.2, 0) is 16.0 Å². The van der Waals surface area contributed by atoms with Crippen LogP contribution in [0.15, 0.2) is 24.3 Å². The van der Waals surface area contributed by atoms with Crippen LogP contribution in [0.4, 0.5) is 5.69 Å². The summed E-state index contributed by atoms with van der Waals surface area (Å²) in [5, 5.41) is 12.5. The molecule has 1 aromatic carbocycles. The number of carbonyl (C=O) groups excluding carboxylic acids is 1. The van der Waals surface area contributed by atoms with Crippen molar-refractivity contribution in [2.75, 3.05) is 24.3 Å². The predicted molar refractivity (Wildman–Crippen MR) is 72.0 cm³/mol. The average Bonchev–Trinajstić information content (AvgIpc) is 2.37. The molecule has 1 aromatic rings. The molecule has 0 aliphatic carbocycles. The van der Waals surface area contributed by atoms with Gasteiger partial charge in [0, 0.05) is 12.2 Å². The van der Waals surface area contributed by atoms with E-state index in [1.54, 1.807) is 6.92 Å². The Hall–Kier alpha value is -1.26. The Morgan fingerprint density at radius 1 is 1.50 bits per heavy atom. The highest BCUT2D eigenvalue weighted by Gasteiger charge is 2.09. The molecular formula is C13H18ClNO3. The van der Waals surface area contributed by atoms with Gasteiger partial charge in [-0.1, -0.05) is 18.2 Å². The van der Waals surface area contributed by atoms with Crippen LogP contribution in [0.3, 0.4) is 0 Å². The van der Waals surface area contributed by atoms with Crippen molar-refractivity contribution < 1.29 is 14.6 Å². The molecule has 100 valence electrons. The third kappa shape index (κ3) is 4.94. The number of hydrogen-bond donors (Lipinski definition) is 2. The molecule has 2 N–H and O–H groups in total. The summed E-state index contributed by atoms with van der Waals surface area (Å²) < 4.78 is 4.91. The second-order valence-corrected chi connectivity index (χ2v) is 4.14. The molecule has 0 saturated carbocycles. The summed E-state index contributed by atoms with van der Waals surface area (Å²) in [5.41, 5.74) is 1.66. The molecule has 0 bridgehead atoms. The standard InChI is InChI=1S/C13H18ClNO3/c1-2-18-13(17)7-10-5-3-4-6-12(10)15-9-11(16)8-14/h3-6,11,15-16H,2,7-9H2,1H3. The molecular weight excluding hydrogens is 254 g/mol. The van der Waals surface area contributed by atoms with Gasteiger partial charge in [-0.2, -0.15) is 0 Å². The van der Waals surface area contributed by atoms with E-state index in [-0.39, 0.29) is 18.3 Å². The molecule has 0 radical (unpaired) electrons. The van der Waals surface area contributed by atoms with Gasteiger partial charge in [0.2, 0.25) is 0 Å². The first-order valence-corrected chi connectivity index (χ1v) is 6.42. The fraction of sp³-hybridized carbons (Fsp3) is 0.462. The summed E-state index contributed by atoms with van der Waals surface area (Å²) in [6.07, 6.45) is -0.393. The zero-order valence-corrected chi connectivity index (χ0v) is 11.1. The average molecular weight is 272 g/mol. The summed E-state index contributed by atoms with van der Waals surface area (Å²) in [6, 6.07) is 7.43. The lowest BCUT2D eigenvalue weighted by Gasteiger charge is -2.13. The van der Waals surface area contributed by atoms with Crippen LogP contribution in [0.25, 0.3) is 0 Å². The minimum absolute atomic E-state index is 0.174. The Morgan fingerprint density at radius 3 is 2.89 bits per heavy atom. The number of para-hydroxylation sites is 1. The van der Waals surface area contributed by atoms with Crippen LogP contribution in [0.2, 0.25) is 0 Å². The molecule has 5 heteroatoms. The van der Waals surface area contributed by atoms with E-state index in [4.69, 9.17) is 16.3 Å². The van der Waals surface area contributed by atoms with Gasteiger partial charge in [0.15, 0.2) is 0 Å². The minimum Gasteiger partial charge on any atom is -0.466 e. The first kappa shape index (κ1) is 14.8. The summed E-state index contributed by atoms with van der Waals surface area (Å²) in [4.78, 5) is 11.4. The maximum Gasteiger partial charge on any atom is 0.310 e. The monoisotopic (exact) mass is 271 g/mol. The highest BCUT2D eigenvalue weighted by atomic mass is 35.5. The number of benzene rings is 1. The zero-order valence-electron chi connectivity index (χ0n) is 10.4. The van der Waals surface area contributed by atoms with Gasteiger partial charge in [-0.05, 0) is 18.6 Å². The predicted octanol–water partition coefficient (Wildman–Crippen LogP) is 1.80. The number of hydrogen-bond acceptors (Lipinski definition) is 4. The first-order chi connectivity index (χ1) is 8.67. The SMILES string of the molecule is CCOC(=O)Cc1ccccc1NCC(O)CCl. The zero-order chi connectivity index (χ0) is 13.4. The molecule has 0 aromatic heterocycles. The molecule has 0 fully saturated rings. The number of anilines is 1. The van der Waals surface area contributed by atoms with E-state index in [1.165, 1.54) is 0 Å². The Morgan fingerprint density at radius 2 is 2.22 bits per heavy atom. The van der Waals surface area contributed by atoms with Crippen molar-refractivity contribution in [3.63, 3.8) is 0 Å². The fourth-order valence-corrected chi connectivity index (χ4v) is 1.61. The Kier molecular flexibility index (Phi) is 6.54. The quantitative estimate of drug-likeness (QED) is 0.587. The van der Waals surface area contributed by atoms with Crippen LogP contribution in [-0.4, -0.2) is 36.2 Å². The number of carbonyl (C=O) groups is 1. The largest absolute Gasteiger partial charge is 0.466 e. The Balaban J connectivity index is 2.64. The molecule has 0 saturated heterocycles. The van der Waals surface area contributed by atoms with Gasteiger partial charge in [-0.3, -0.25) is 4.79 Å². The third-order valence-corrected chi connectivity index (χ3v) is 2.72. The van der Waals surface area contributed by atoms with Gasteiger partial charge in [-0.15, -0.1) is 11.6 Å². The van der Waals surface area contributed by atoms with Crippen molar-refractivity contribution in [3.8, 4) is 0 Å². The summed E-state index contributed by atoms with van der Waals surface area (Å²) >= 11 is 5.52. The van der Waals surface area contributed by atoms with E-state index in [9.17, 15) is 9.90 Å². The molecule has 1 unspecified atom stereocenters. The van der Waals surface area contributed by atoms with E-state index in [0.717, 1.165) is 11.3 Å². The van der Waals surface area contributed by atoms with E-state index in [1.807, 2.05) is 24.3 Å². The maximum absolute atomic E-state index is 11.4. The van der Waals surface area contributed by atoms with Crippen LogP contribution < -0.4 is 5.32 Å². The lowest BCUT2D eigenvalue weighted by molar-refractivity contribution is -0.142. The van der Waals surface area contributed by atoms with Crippen molar-refractivity contribution in [1.29, 1.82) is 0 Å². The summed E-state index contributed by atoms with van der Waals surface area (Å²) in [6.45, 7) is 2.50. The number of aliphatic hydroxyl groups is 1. The lowest BCUT2D eigenvalue weighted by Crippen LogP contribution is -2.21. The molecule has 0 spiro atoms. The second kappa shape index (κ2) is 7.95. The van der Waals surface area contributed by atoms with Crippen molar-refractivity contribution in [2.24, 2.45) is 0 Å². The normalized spacial score (nSPS) is 11.9. The fourth-order valence-electron chi connectivity index (χ4n) is 1.50. The molecule has 0 aliphatic rings. The number of halogens is 1. The van der Waals surface area contributed by atoms with Gasteiger partial charge in [0.25, 0.3) is 0 Å². The number of alkyl halides is 1. The Bertz CT molecular complexity index is 384. The van der Waals surface area contributed by atoms with Crippen LogP contribution >= 0.6 is 11.6 Å². The molecule has 0 aliphatic heterocycles. The molecule has 1 atom stereocenters. The van der Waals surface area contributed by atoms with E-state index < -0.39 is 6.10 Å². The van der Waals surface area contributed by atoms with E-state index in [2.05, 4.69) is 5.32 Å². The van der Waals surface area contributed by atoms with Crippen molar-refractivity contribution in [3.05, 3.63) is 29.8 Å². The number of rotatable bonds is 7. The first-order valence-electron chi connectivity index (χ1n) is 5.88. The van der Waals surface area contributed by atoms with Crippen LogP contribution in [0.1, 0.15) is 12.5 Å². The van der Waals surface area contributed by atoms with E-state index in [0.29, 0.717) is 13.2 Å². The van der Waals surface area contributed by atoms with E-state index >= 15 is 0 Å². The van der Waals surface area contributed by atoms with Crippen molar-refractivity contribution in [2.45, 2.75) is 19.4 Å². The number of esters is 1. The van der Waals surface area contributed by atoms with Gasteiger partial charge in [0.05, 0.1) is 25.0 Å². The topological polar surface area (TPSA) is 58.6 Å². The summed E-state index contributed by atoms with van der Waals surface area (Å²) in [7, 11) is 0. The summed E-state index contributed by atoms with van der Waals surface area (Å²) in [5.74, 6) is -0.0859. The molecule has 4 nitrogen and oxygen atoms in total. The van der Waals surface area contributed by atoms with Gasteiger partial charge >= 0.3 is 5.97 Å². The molecule has 0 heterocycles. The van der Waals surface area contributed by atoms with Gasteiger partial charge in [-0.25, -0.2) is 0 Å². The van der Waals surface area contributed by atoms with Gasteiger partial charge < -0.3 is 15.2 Å². The molecule has 18 heavy (non-hydrogen) atoms. The Labute approximate surface area is 112 Å². The lowest BCUT2D eigenvalue weighted by atomic mass is 10.1. The highest BCUT2D eigenvalue weighted by molar-refractivity contribution is 6.18. The smallest absolute Gasteiger partial charge is 0.310 e. The number of aliphatic hydroxyl groups excluding tert-OH is 1. The number of nitrogens with one attached hydrogen (secondary N) is 1. The molecule has 0 amide bonds. The van der Waals surface area contributed by atoms with Crippen molar-refractivity contribution >= 4 is 23.3 Å². The third-order valence-electron chi connectivity index (χ3n) is 2.36. The maximum atomic E-state index is 11.4. The van der Waals surface area contributed by atoms with Gasteiger partial charge in [0.1, 0.15) is 0 Å². The van der Waals surface area contributed by atoms with Crippen LogP contribution in [0.5, 0.6) is 0 Å². The minimum atomic E-state index is -0.609. The van der Waals surface area contributed by atoms with Crippen molar-refractivity contribution in [1.82, 2.24) is 0 Å². The second-order valence-electron chi connectivity index (χ2n) is 3.83. The molecule has 1 rings (SSSR count). The number of ether oxygens (including phenoxy) is 1. The van der Waals surface area contributed by atoms with Crippen LogP contribution in [0, 0.1) is 0 Å².